The fourth-order valence-electron chi connectivity index (χ4n) is 2.40. The average Bonchev–Trinajstić information content (AvgIpc) is 3.10. The molecular weight excluding hydrogens is 328 g/mol. The van der Waals surface area contributed by atoms with Gasteiger partial charge in [-0.3, -0.25) is 9.59 Å². The highest BCUT2D eigenvalue weighted by Gasteiger charge is 2.35. The van der Waals surface area contributed by atoms with Gasteiger partial charge in [-0.05, 0) is 25.5 Å². The van der Waals surface area contributed by atoms with Crippen LogP contribution in [0.15, 0.2) is 18.2 Å². The summed E-state index contributed by atoms with van der Waals surface area (Å²) in [4.78, 5) is 26.9. The highest BCUT2D eigenvalue weighted by atomic mass is 32.2. The van der Waals surface area contributed by atoms with Crippen LogP contribution in [0, 0.1) is 0 Å². The predicted molar refractivity (Wildman–Crippen MR) is 94.7 cm³/mol. The van der Waals surface area contributed by atoms with Crippen molar-refractivity contribution in [3.05, 3.63) is 23.8 Å². The Labute approximate surface area is 146 Å². The van der Waals surface area contributed by atoms with E-state index in [1.54, 1.807) is 34.9 Å². The molecule has 132 valence electrons. The molecule has 2 unspecified atom stereocenters. The minimum absolute atomic E-state index is 0.0944. The Hall–Kier alpha value is -1.89. The van der Waals surface area contributed by atoms with E-state index in [2.05, 4.69) is 5.32 Å². The van der Waals surface area contributed by atoms with Gasteiger partial charge in [0.25, 0.3) is 5.91 Å². The lowest BCUT2D eigenvalue weighted by Gasteiger charge is -2.25. The molecular formula is C17H24N2O4S. The average molecular weight is 352 g/mol. The molecule has 1 N–H and O–H groups in total. The summed E-state index contributed by atoms with van der Waals surface area (Å²) in [5.41, 5.74) is 0.454. The second kappa shape index (κ2) is 8.28. The molecule has 0 aliphatic carbocycles. The minimum Gasteiger partial charge on any atom is -0.497 e. The molecule has 2 atom stereocenters. The van der Waals surface area contributed by atoms with Crippen LogP contribution in [0.4, 0.5) is 0 Å². The number of nitrogens with zero attached hydrogens (tertiary/aromatic N) is 1. The van der Waals surface area contributed by atoms with Crippen molar-refractivity contribution in [2.45, 2.75) is 32.4 Å². The van der Waals surface area contributed by atoms with Crippen molar-refractivity contribution in [1.29, 1.82) is 0 Å². The summed E-state index contributed by atoms with van der Waals surface area (Å²) in [5, 5.41) is 2.96. The molecule has 2 rings (SSSR count). The summed E-state index contributed by atoms with van der Waals surface area (Å²) in [7, 11) is 3.08. The fourth-order valence-corrected chi connectivity index (χ4v) is 3.55. The van der Waals surface area contributed by atoms with Crippen molar-refractivity contribution in [3.63, 3.8) is 0 Å². The molecule has 2 amide bonds. The topological polar surface area (TPSA) is 67.9 Å². The molecule has 1 aromatic rings. The second-order valence-corrected chi connectivity index (χ2v) is 6.71. The Morgan fingerprint density at radius 2 is 1.92 bits per heavy atom. The maximum absolute atomic E-state index is 12.9. The highest BCUT2D eigenvalue weighted by Crippen LogP contribution is 2.27. The van der Waals surface area contributed by atoms with Crippen LogP contribution in [-0.4, -0.2) is 54.6 Å². The summed E-state index contributed by atoms with van der Waals surface area (Å²) in [5.74, 6) is 1.90. The van der Waals surface area contributed by atoms with Gasteiger partial charge >= 0.3 is 0 Å². The zero-order valence-corrected chi connectivity index (χ0v) is 15.3. The van der Waals surface area contributed by atoms with Gasteiger partial charge in [-0.1, -0.05) is 6.92 Å². The van der Waals surface area contributed by atoms with E-state index in [1.807, 2.05) is 13.8 Å². The number of methoxy groups -OCH3 is 2. The van der Waals surface area contributed by atoms with Crippen LogP contribution >= 0.6 is 11.8 Å². The molecule has 0 saturated carbocycles. The van der Waals surface area contributed by atoms with E-state index in [4.69, 9.17) is 9.47 Å². The van der Waals surface area contributed by atoms with Gasteiger partial charge < -0.3 is 19.7 Å². The van der Waals surface area contributed by atoms with Crippen LogP contribution in [0.2, 0.25) is 0 Å². The number of hydrogen-bond acceptors (Lipinski definition) is 5. The van der Waals surface area contributed by atoms with E-state index in [9.17, 15) is 9.59 Å². The maximum Gasteiger partial charge on any atom is 0.255 e. The van der Waals surface area contributed by atoms with E-state index < -0.39 is 6.04 Å². The zero-order chi connectivity index (χ0) is 17.7. The van der Waals surface area contributed by atoms with E-state index in [0.29, 0.717) is 28.7 Å². The molecule has 7 heteroatoms. The minimum atomic E-state index is -0.450. The Balaban J connectivity index is 2.20. The molecule has 6 nitrogen and oxygen atoms in total. The lowest BCUT2D eigenvalue weighted by molar-refractivity contribution is -0.125. The van der Waals surface area contributed by atoms with E-state index in [1.165, 1.54) is 14.2 Å². The Morgan fingerprint density at radius 1 is 1.29 bits per heavy atom. The molecule has 0 aromatic heterocycles. The van der Waals surface area contributed by atoms with E-state index in [-0.39, 0.29) is 17.9 Å². The predicted octanol–water partition coefficient (Wildman–Crippen LogP) is 2.13. The number of carbonyl (C=O) groups is 2. The molecule has 1 aliphatic rings. The molecule has 1 aliphatic heterocycles. The van der Waals surface area contributed by atoms with Gasteiger partial charge in [-0.15, -0.1) is 11.8 Å². The van der Waals surface area contributed by atoms with Crippen LogP contribution in [0.5, 0.6) is 11.5 Å². The third-order valence-corrected chi connectivity index (χ3v) is 5.06. The van der Waals surface area contributed by atoms with Crippen molar-refractivity contribution >= 4 is 23.6 Å². The lowest BCUT2D eigenvalue weighted by Crippen LogP contribution is -2.49. The number of nitrogens with one attached hydrogen (secondary N) is 1. The third-order valence-electron chi connectivity index (χ3n) is 4.05. The smallest absolute Gasteiger partial charge is 0.255 e. The number of carbonyl (C=O) groups excluding carboxylic acids is 2. The Morgan fingerprint density at radius 3 is 2.46 bits per heavy atom. The van der Waals surface area contributed by atoms with Crippen LogP contribution in [-0.2, 0) is 4.79 Å². The van der Waals surface area contributed by atoms with E-state index >= 15 is 0 Å². The SMILES string of the molecule is CCC(C)NC(=O)C1CSCN1C(=O)c1cc(OC)cc(OC)c1. The molecule has 1 fully saturated rings. The van der Waals surface area contributed by atoms with Crippen LogP contribution in [0.1, 0.15) is 30.6 Å². The van der Waals surface area contributed by atoms with Crippen LogP contribution in [0.25, 0.3) is 0 Å². The molecule has 1 aromatic carbocycles. The van der Waals surface area contributed by atoms with Gasteiger partial charge in [0, 0.05) is 23.4 Å². The Kier molecular flexibility index (Phi) is 6.36. The third kappa shape index (κ3) is 4.14. The molecule has 1 heterocycles. The van der Waals surface area contributed by atoms with Gasteiger partial charge in [0.1, 0.15) is 17.5 Å². The number of ether oxygens (including phenoxy) is 2. The fraction of sp³-hybridized carbons (Fsp3) is 0.529. The lowest BCUT2D eigenvalue weighted by atomic mass is 10.1. The van der Waals surface area contributed by atoms with Gasteiger partial charge in [0.05, 0.1) is 20.1 Å². The Bertz CT molecular complexity index is 586. The number of thioether (sulfide) groups is 1. The number of amides is 2. The van der Waals surface area contributed by atoms with Crippen molar-refractivity contribution in [2.75, 3.05) is 25.8 Å². The molecule has 0 spiro atoms. The number of hydrogen-bond donors (Lipinski definition) is 1. The van der Waals surface area contributed by atoms with Crippen LogP contribution < -0.4 is 14.8 Å². The van der Waals surface area contributed by atoms with E-state index in [0.717, 1.165) is 6.42 Å². The highest BCUT2D eigenvalue weighted by molar-refractivity contribution is 7.99. The summed E-state index contributed by atoms with van der Waals surface area (Å²) >= 11 is 1.58. The molecule has 0 bridgehead atoms. The summed E-state index contributed by atoms with van der Waals surface area (Å²) in [6, 6.07) is 4.68. The second-order valence-electron chi connectivity index (χ2n) is 5.71. The van der Waals surface area contributed by atoms with Gasteiger partial charge in [-0.2, -0.15) is 0 Å². The normalized spacial score (nSPS) is 18.2. The zero-order valence-electron chi connectivity index (χ0n) is 14.5. The first-order valence-electron chi connectivity index (χ1n) is 7.92. The summed E-state index contributed by atoms with van der Waals surface area (Å²) in [6.45, 7) is 3.97. The van der Waals surface area contributed by atoms with Crippen molar-refractivity contribution in [1.82, 2.24) is 10.2 Å². The van der Waals surface area contributed by atoms with Crippen molar-refractivity contribution in [3.8, 4) is 11.5 Å². The first-order chi connectivity index (χ1) is 11.5. The van der Waals surface area contributed by atoms with Crippen LogP contribution in [0.3, 0.4) is 0 Å². The summed E-state index contributed by atoms with van der Waals surface area (Å²) < 4.78 is 10.4. The largest absolute Gasteiger partial charge is 0.497 e. The van der Waals surface area contributed by atoms with Crippen molar-refractivity contribution < 1.29 is 19.1 Å². The maximum atomic E-state index is 12.9. The first-order valence-corrected chi connectivity index (χ1v) is 9.07. The molecule has 0 radical (unpaired) electrons. The van der Waals surface area contributed by atoms with Gasteiger partial charge in [-0.25, -0.2) is 0 Å². The number of rotatable bonds is 6. The van der Waals surface area contributed by atoms with Crippen molar-refractivity contribution in [2.24, 2.45) is 0 Å². The monoisotopic (exact) mass is 352 g/mol. The number of benzene rings is 1. The molecule has 24 heavy (non-hydrogen) atoms. The first kappa shape index (κ1) is 18.4. The quantitative estimate of drug-likeness (QED) is 0.849. The molecule has 1 saturated heterocycles. The standard InChI is InChI=1S/C17H24N2O4S/c1-5-11(2)18-16(20)15-9-24-10-19(15)17(21)12-6-13(22-3)8-14(7-12)23-4/h6-8,11,15H,5,9-10H2,1-4H3,(H,18,20). The summed E-state index contributed by atoms with van der Waals surface area (Å²) in [6.07, 6.45) is 0.854. The van der Waals surface area contributed by atoms with Gasteiger partial charge in [0.15, 0.2) is 0 Å². The van der Waals surface area contributed by atoms with Gasteiger partial charge in [0.2, 0.25) is 5.91 Å².